The van der Waals surface area contributed by atoms with Crippen molar-refractivity contribution in [3.05, 3.63) is 36.0 Å². The van der Waals surface area contributed by atoms with Gasteiger partial charge in [0.15, 0.2) is 0 Å². The first-order chi connectivity index (χ1) is 9.72. The van der Waals surface area contributed by atoms with Gasteiger partial charge in [-0.25, -0.2) is 4.98 Å². The van der Waals surface area contributed by atoms with Crippen molar-refractivity contribution in [1.82, 2.24) is 4.98 Å². The number of anilines is 1. The molecule has 2 rings (SSSR count). The maximum Gasteiger partial charge on any atom is 0.136 e. The zero-order valence-electron chi connectivity index (χ0n) is 12.5. The van der Waals surface area contributed by atoms with E-state index in [1.54, 1.807) is 7.11 Å². The molecule has 1 unspecified atom stereocenters. The molecule has 2 aromatic rings. The molecule has 1 heterocycles. The molecule has 0 saturated carbocycles. The molecule has 0 aliphatic carbocycles. The van der Waals surface area contributed by atoms with E-state index in [4.69, 9.17) is 10.5 Å². The monoisotopic (exact) mass is 273 g/mol. The number of hydrogen-bond acceptors (Lipinski definition) is 4. The van der Waals surface area contributed by atoms with E-state index < -0.39 is 0 Å². The average Bonchev–Trinajstić information content (AvgIpc) is 2.48. The fourth-order valence-electron chi connectivity index (χ4n) is 2.63. The number of rotatable bonds is 6. The number of nitrogens with two attached hydrogens (primary N) is 1. The first kappa shape index (κ1) is 14.8. The molecule has 0 aliphatic heterocycles. The SMILES string of the molecule is CCN(c1ncc(CN)c2ccccc12)C(C)COC. The maximum absolute atomic E-state index is 5.81. The number of likely N-dealkylation sites (N-methyl/N-ethyl adjacent to an activating group) is 1. The van der Waals surface area contributed by atoms with Crippen LogP contribution in [-0.2, 0) is 11.3 Å². The molecule has 0 amide bonds. The molecule has 108 valence electrons. The number of aromatic nitrogens is 1. The summed E-state index contributed by atoms with van der Waals surface area (Å²) in [6.45, 7) is 6.37. The highest BCUT2D eigenvalue weighted by Gasteiger charge is 2.17. The van der Waals surface area contributed by atoms with Gasteiger partial charge in [0, 0.05) is 31.8 Å². The van der Waals surface area contributed by atoms with Crippen LogP contribution in [0.3, 0.4) is 0 Å². The Morgan fingerprint density at radius 2 is 2.00 bits per heavy atom. The Bertz CT molecular complexity index is 571. The van der Waals surface area contributed by atoms with Gasteiger partial charge in [0.25, 0.3) is 0 Å². The normalized spacial score (nSPS) is 12.6. The molecule has 4 nitrogen and oxygen atoms in total. The molecule has 1 atom stereocenters. The summed E-state index contributed by atoms with van der Waals surface area (Å²) in [5.74, 6) is 1.00. The van der Waals surface area contributed by atoms with Gasteiger partial charge >= 0.3 is 0 Å². The van der Waals surface area contributed by atoms with Gasteiger partial charge in [-0.1, -0.05) is 24.3 Å². The Morgan fingerprint density at radius 3 is 2.60 bits per heavy atom. The zero-order chi connectivity index (χ0) is 14.5. The summed E-state index contributed by atoms with van der Waals surface area (Å²) in [5.41, 5.74) is 6.89. The van der Waals surface area contributed by atoms with Crippen LogP contribution in [0.25, 0.3) is 10.8 Å². The third kappa shape index (κ3) is 2.76. The van der Waals surface area contributed by atoms with Gasteiger partial charge in [0.1, 0.15) is 5.82 Å². The highest BCUT2D eigenvalue weighted by molar-refractivity contribution is 5.94. The van der Waals surface area contributed by atoms with Crippen LogP contribution in [0.15, 0.2) is 30.5 Å². The van der Waals surface area contributed by atoms with E-state index >= 15 is 0 Å². The molecule has 1 aromatic carbocycles. The fraction of sp³-hybridized carbons (Fsp3) is 0.438. The summed E-state index contributed by atoms with van der Waals surface area (Å²) >= 11 is 0. The Morgan fingerprint density at radius 1 is 1.30 bits per heavy atom. The van der Waals surface area contributed by atoms with E-state index in [1.807, 2.05) is 18.3 Å². The molecule has 0 fully saturated rings. The number of hydrogen-bond donors (Lipinski definition) is 1. The van der Waals surface area contributed by atoms with Crippen molar-refractivity contribution in [3.8, 4) is 0 Å². The minimum absolute atomic E-state index is 0.282. The molecule has 4 heteroatoms. The minimum Gasteiger partial charge on any atom is -0.383 e. The van der Waals surface area contributed by atoms with Crippen LogP contribution < -0.4 is 10.6 Å². The number of fused-ring (bicyclic) bond motifs is 1. The number of benzene rings is 1. The van der Waals surface area contributed by atoms with Crippen LogP contribution in [-0.4, -0.2) is 31.3 Å². The molecule has 0 aliphatic rings. The van der Waals surface area contributed by atoms with Gasteiger partial charge in [0.05, 0.1) is 12.6 Å². The van der Waals surface area contributed by atoms with Crippen LogP contribution in [0.1, 0.15) is 19.4 Å². The summed E-state index contributed by atoms with van der Waals surface area (Å²) < 4.78 is 5.28. The Hall–Kier alpha value is -1.65. The first-order valence-corrected chi connectivity index (χ1v) is 7.05. The lowest BCUT2D eigenvalue weighted by Gasteiger charge is -2.30. The average molecular weight is 273 g/mol. The minimum atomic E-state index is 0.282. The number of pyridine rings is 1. The van der Waals surface area contributed by atoms with Gasteiger partial charge in [-0.15, -0.1) is 0 Å². The Balaban J connectivity index is 2.53. The van der Waals surface area contributed by atoms with Crippen molar-refractivity contribution >= 4 is 16.6 Å². The quantitative estimate of drug-likeness (QED) is 0.879. The summed E-state index contributed by atoms with van der Waals surface area (Å²) in [6, 6.07) is 8.59. The van der Waals surface area contributed by atoms with Crippen molar-refractivity contribution in [3.63, 3.8) is 0 Å². The molecule has 0 saturated heterocycles. The predicted molar refractivity (Wildman–Crippen MR) is 84.0 cm³/mol. The molecule has 0 bridgehead atoms. The third-order valence-electron chi connectivity index (χ3n) is 3.63. The lowest BCUT2D eigenvalue weighted by molar-refractivity contribution is 0.182. The molecule has 20 heavy (non-hydrogen) atoms. The lowest BCUT2D eigenvalue weighted by atomic mass is 10.1. The van der Waals surface area contributed by atoms with Crippen molar-refractivity contribution in [1.29, 1.82) is 0 Å². The number of methoxy groups -OCH3 is 1. The topological polar surface area (TPSA) is 51.4 Å². The van der Waals surface area contributed by atoms with Crippen LogP contribution >= 0.6 is 0 Å². The molecular weight excluding hydrogens is 250 g/mol. The largest absolute Gasteiger partial charge is 0.383 e. The second-order valence-electron chi connectivity index (χ2n) is 4.95. The smallest absolute Gasteiger partial charge is 0.136 e. The van der Waals surface area contributed by atoms with Crippen molar-refractivity contribution in [2.24, 2.45) is 5.73 Å². The highest BCUT2D eigenvalue weighted by atomic mass is 16.5. The lowest BCUT2D eigenvalue weighted by Crippen LogP contribution is -2.36. The van der Waals surface area contributed by atoms with E-state index in [1.165, 1.54) is 5.39 Å². The van der Waals surface area contributed by atoms with Crippen molar-refractivity contribution in [2.75, 3.05) is 25.2 Å². The van der Waals surface area contributed by atoms with Crippen molar-refractivity contribution in [2.45, 2.75) is 26.4 Å². The summed E-state index contributed by atoms with van der Waals surface area (Å²) in [4.78, 5) is 6.91. The standard InChI is InChI=1S/C16H23N3O/c1-4-19(12(2)11-20-3)16-15-8-6-5-7-14(15)13(9-17)10-18-16/h5-8,10,12H,4,9,11,17H2,1-3H3. The van der Waals surface area contributed by atoms with E-state index in [-0.39, 0.29) is 6.04 Å². The number of nitrogens with zero attached hydrogens (tertiary/aromatic N) is 2. The van der Waals surface area contributed by atoms with E-state index in [0.29, 0.717) is 13.2 Å². The van der Waals surface area contributed by atoms with Gasteiger partial charge < -0.3 is 15.4 Å². The molecule has 0 radical (unpaired) electrons. The second kappa shape index (κ2) is 6.68. The number of ether oxygens (including phenoxy) is 1. The van der Waals surface area contributed by atoms with Gasteiger partial charge in [-0.2, -0.15) is 0 Å². The van der Waals surface area contributed by atoms with Gasteiger partial charge in [-0.3, -0.25) is 0 Å². The second-order valence-corrected chi connectivity index (χ2v) is 4.95. The molecular formula is C16H23N3O. The highest BCUT2D eigenvalue weighted by Crippen LogP contribution is 2.28. The summed E-state index contributed by atoms with van der Waals surface area (Å²) in [6.07, 6.45) is 1.89. The zero-order valence-corrected chi connectivity index (χ0v) is 12.5. The van der Waals surface area contributed by atoms with Crippen LogP contribution in [0.4, 0.5) is 5.82 Å². The Labute approximate surface area is 120 Å². The van der Waals surface area contributed by atoms with Gasteiger partial charge in [-0.05, 0) is 24.8 Å². The van der Waals surface area contributed by atoms with E-state index in [0.717, 1.165) is 23.3 Å². The van der Waals surface area contributed by atoms with Crippen LogP contribution in [0.2, 0.25) is 0 Å². The summed E-state index contributed by atoms with van der Waals surface area (Å²) in [7, 11) is 1.73. The van der Waals surface area contributed by atoms with Gasteiger partial charge in [0.2, 0.25) is 0 Å². The summed E-state index contributed by atoms with van der Waals surface area (Å²) in [5, 5.41) is 2.34. The molecule has 1 aromatic heterocycles. The third-order valence-corrected chi connectivity index (χ3v) is 3.63. The van der Waals surface area contributed by atoms with Crippen molar-refractivity contribution < 1.29 is 4.74 Å². The molecule has 0 spiro atoms. The fourth-order valence-corrected chi connectivity index (χ4v) is 2.63. The molecule has 2 N–H and O–H groups in total. The van der Waals surface area contributed by atoms with E-state index in [9.17, 15) is 0 Å². The first-order valence-electron chi connectivity index (χ1n) is 7.05. The predicted octanol–water partition coefficient (Wildman–Crippen LogP) is 2.55. The maximum atomic E-state index is 5.81. The van der Waals surface area contributed by atoms with E-state index in [2.05, 4.69) is 35.9 Å². The van der Waals surface area contributed by atoms with Crippen LogP contribution in [0.5, 0.6) is 0 Å². The van der Waals surface area contributed by atoms with Crippen LogP contribution in [0, 0.1) is 0 Å². The Kier molecular flexibility index (Phi) is 4.93.